The second-order valence-corrected chi connectivity index (χ2v) is 2.42. The van der Waals surface area contributed by atoms with Crippen LogP contribution in [0.15, 0.2) is 18.3 Å². The van der Waals surface area contributed by atoms with Gasteiger partial charge in [0.05, 0.1) is 0 Å². The first-order valence-corrected chi connectivity index (χ1v) is 3.67. The molecule has 0 saturated carbocycles. The summed E-state index contributed by atoms with van der Waals surface area (Å²) in [5.74, 6) is -0.314. The maximum atomic E-state index is 11.0. The van der Waals surface area contributed by atoms with Crippen molar-refractivity contribution in [1.82, 2.24) is 10.3 Å². The molecule has 0 fully saturated rings. The summed E-state index contributed by atoms with van der Waals surface area (Å²) in [6.07, 6.45) is 1.40. The molecule has 68 valence electrons. The van der Waals surface area contributed by atoms with Crippen molar-refractivity contribution in [2.75, 3.05) is 7.05 Å². The number of nitrogens with one attached hydrogen (secondary N) is 2. The Hall–Kier alpha value is -1.91. The summed E-state index contributed by atoms with van der Waals surface area (Å²) in [5.41, 5.74) is 6.03. The van der Waals surface area contributed by atoms with E-state index in [-0.39, 0.29) is 11.7 Å². The lowest BCUT2D eigenvalue weighted by Crippen LogP contribution is -2.20. The summed E-state index contributed by atoms with van der Waals surface area (Å²) in [5, 5.41) is 9.54. The number of carbonyl (C=O) groups excluding carboxylic acids is 1. The van der Waals surface area contributed by atoms with Crippen molar-refractivity contribution in [3.63, 3.8) is 0 Å². The molecule has 0 bridgehead atoms. The van der Waals surface area contributed by atoms with Gasteiger partial charge in [0.1, 0.15) is 11.5 Å². The Kier molecular flexibility index (Phi) is 2.59. The fraction of sp³-hybridized carbons (Fsp3) is 0.125. The molecule has 1 aromatic rings. The number of aromatic nitrogens is 1. The summed E-state index contributed by atoms with van der Waals surface area (Å²) in [7, 11) is 1.53. The van der Waals surface area contributed by atoms with E-state index < -0.39 is 0 Å². The second kappa shape index (κ2) is 3.66. The van der Waals surface area contributed by atoms with Crippen LogP contribution in [0.1, 0.15) is 16.1 Å². The first kappa shape index (κ1) is 9.18. The zero-order chi connectivity index (χ0) is 9.84. The minimum atomic E-state index is -0.255. The van der Waals surface area contributed by atoms with Crippen molar-refractivity contribution in [2.24, 2.45) is 5.73 Å². The van der Waals surface area contributed by atoms with Crippen LogP contribution in [0.2, 0.25) is 0 Å². The van der Waals surface area contributed by atoms with Crippen LogP contribution in [0, 0.1) is 5.41 Å². The molecule has 0 aliphatic carbocycles. The number of carbonyl (C=O) groups is 1. The Balaban J connectivity index is 2.93. The molecule has 1 amide bonds. The van der Waals surface area contributed by atoms with Crippen LogP contribution in [0.3, 0.4) is 0 Å². The Bertz CT molecular complexity index is 331. The SMILES string of the molecule is CNC(=O)c1ccc(C(=N)N)cn1. The number of hydrogen-bond acceptors (Lipinski definition) is 3. The third-order valence-electron chi connectivity index (χ3n) is 1.53. The van der Waals surface area contributed by atoms with Crippen LogP contribution in [-0.4, -0.2) is 23.8 Å². The lowest BCUT2D eigenvalue weighted by Gasteiger charge is -2.00. The molecule has 0 aliphatic heterocycles. The molecule has 0 atom stereocenters. The molecule has 1 heterocycles. The number of amidine groups is 1. The van der Waals surface area contributed by atoms with Crippen molar-refractivity contribution >= 4 is 11.7 Å². The third kappa shape index (κ3) is 2.02. The highest BCUT2D eigenvalue weighted by Gasteiger charge is 2.04. The highest BCUT2D eigenvalue weighted by atomic mass is 16.1. The van der Waals surface area contributed by atoms with Crippen LogP contribution < -0.4 is 11.1 Å². The fourth-order valence-electron chi connectivity index (χ4n) is 0.816. The van der Waals surface area contributed by atoms with Crippen molar-refractivity contribution < 1.29 is 4.79 Å². The van der Waals surface area contributed by atoms with Gasteiger partial charge in [0.25, 0.3) is 5.91 Å². The number of nitrogens with two attached hydrogens (primary N) is 1. The molecule has 4 N–H and O–H groups in total. The summed E-state index contributed by atoms with van der Waals surface area (Å²) in [6, 6.07) is 3.11. The number of pyridine rings is 1. The molecule has 1 aromatic heterocycles. The van der Waals surface area contributed by atoms with Crippen molar-refractivity contribution in [2.45, 2.75) is 0 Å². The number of nitrogens with zero attached hydrogens (tertiary/aromatic N) is 1. The summed E-state index contributed by atoms with van der Waals surface area (Å²) in [6.45, 7) is 0. The highest BCUT2D eigenvalue weighted by molar-refractivity contribution is 5.96. The predicted molar refractivity (Wildman–Crippen MR) is 48.6 cm³/mol. The normalized spacial score (nSPS) is 9.31. The van der Waals surface area contributed by atoms with E-state index >= 15 is 0 Å². The molecule has 0 aromatic carbocycles. The second-order valence-electron chi connectivity index (χ2n) is 2.42. The molecule has 13 heavy (non-hydrogen) atoms. The quantitative estimate of drug-likeness (QED) is 0.429. The van der Waals surface area contributed by atoms with Crippen LogP contribution in [0.4, 0.5) is 0 Å². The molecule has 0 aliphatic rings. The van der Waals surface area contributed by atoms with Gasteiger partial charge in [0.15, 0.2) is 0 Å². The van der Waals surface area contributed by atoms with Gasteiger partial charge < -0.3 is 11.1 Å². The van der Waals surface area contributed by atoms with E-state index in [9.17, 15) is 4.79 Å². The maximum Gasteiger partial charge on any atom is 0.269 e. The maximum absolute atomic E-state index is 11.0. The van der Waals surface area contributed by atoms with E-state index in [1.807, 2.05) is 0 Å². The number of amides is 1. The van der Waals surface area contributed by atoms with Crippen LogP contribution >= 0.6 is 0 Å². The van der Waals surface area contributed by atoms with Gasteiger partial charge in [0, 0.05) is 18.8 Å². The monoisotopic (exact) mass is 178 g/mol. The lowest BCUT2D eigenvalue weighted by molar-refractivity contribution is 0.0958. The van der Waals surface area contributed by atoms with Crippen LogP contribution in [0.25, 0.3) is 0 Å². The van der Waals surface area contributed by atoms with E-state index in [1.165, 1.54) is 19.3 Å². The van der Waals surface area contributed by atoms with Gasteiger partial charge in [-0.1, -0.05) is 0 Å². The highest BCUT2D eigenvalue weighted by Crippen LogP contribution is 1.98. The van der Waals surface area contributed by atoms with Gasteiger partial charge in [-0.05, 0) is 12.1 Å². The summed E-state index contributed by atoms with van der Waals surface area (Å²) < 4.78 is 0. The summed E-state index contributed by atoms with van der Waals surface area (Å²) >= 11 is 0. The van der Waals surface area contributed by atoms with Gasteiger partial charge in [-0.15, -0.1) is 0 Å². The average Bonchev–Trinajstić information content (AvgIpc) is 2.17. The largest absolute Gasteiger partial charge is 0.384 e. The molecule has 0 saturated heterocycles. The Labute approximate surface area is 75.5 Å². The van der Waals surface area contributed by atoms with Gasteiger partial charge in [-0.25, -0.2) is 0 Å². The van der Waals surface area contributed by atoms with Crippen LogP contribution in [0.5, 0.6) is 0 Å². The minimum absolute atomic E-state index is 0.0593. The number of hydrogen-bond donors (Lipinski definition) is 3. The Morgan fingerprint density at radius 2 is 2.31 bits per heavy atom. The molecular formula is C8H10N4O. The smallest absolute Gasteiger partial charge is 0.269 e. The topological polar surface area (TPSA) is 91.9 Å². The molecule has 0 unspecified atom stereocenters. The van der Waals surface area contributed by atoms with Crippen molar-refractivity contribution in [3.8, 4) is 0 Å². The Morgan fingerprint density at radius 1 is 1.62 bits per heavy atom. The van der Waals surface area contributed by atoms with Gasteiger partial charge in [-0.3, -0.25) is 15.2 Å². The first-order chi connectivity index (χ1) is 6.15. The van der Waals surface area contributed by atoms with E-state index in [1.54, 1.807) is 6.07 Å². The van der Waals surface area contributed by atoms with Gasteiger partial charge in [0.2, 0.25) is 0 Å². The molecule has 5 nitrogen and oxygen atoms in total. The fourth-order valence-corrected chi connectivity index (χ4v) is 0.816. The first-order valence-electron chi connectivity index (χ1n) is 3.67. The number of rotatable bonds is 2. The molecule has 5 heteroatoms. The van der Waals surface area contributed by atoms with Crippen LogP contribution in [-0.2, 0) is 0 Å². The van der Waals surface area contributed by atoms with E-state index in [0.29, 0.717) is 11.3 Å². The molecule has 1 rings (SSSR count). The van der Waals surface area contributed by atoms with E-state index in [4.69, 9.17) is 11.1 Å². The standard InChI is InChI=1S/C8H10N4O/c1-11-8(13)6-3-2-5(4-12-6)7(9)10/h2-4H,1H3,(H3,9,10)(H,11,13). The zero-order valence-corrected chi connectivity index (χ0v) is 7.16. The van der Waals surface area contributed by atoms with Gasteiger partial charge >= 0.3 is 0 Å². The number of nitrogen functional groups attached to an aromatic ring is 1. The van der Waals surface area contributed by atoms with Crippen molar-refractivity contribution in [3.05, 3.63) is 29.6 Å². The third-order valence-corrected chi connectivity index (χ3v) is 1.53. The summed E-state index contributed by atoms with van der Waals surface area (Å²) in [4.78, 5) is 14.9. The molecule has 0 radical (unpaired) electrons. The average molecular weight is 178 g/mol. The van der Waals surface area contributed by atoms with E-state index in [0.717, 1.165) is 0 Å². The lowest BCUT2D eigenvalue weighted by atomic mass is 10.2. The van der Waals surface area contributed by atoms with E-state index in [2.05, 4.69) is 10.3 Å². The predicted octanol–water partition coefficient (Wildman–Crippen LogP) is -0.275. The minimum Gasteiger partial charge on any atom is -0.384 e. The molecular weight excluding hydrogens is 168 g/mol. The van der Waals surface area contributed by atoms with Gasteiger partial charge in [-0.2, -0.15) is 0 Å². The molecule has 0 spiro atoms. The Morgan fingerprint density at radius 3 is 2.69 bits per heavy atom. The zero-order valence-electron chi connectivity index (χ0n) is 7.16. The van der Waals surface area contributed by atoms with Crippen molar-refractivity contribution in [1.29, 1.82) is 5.41 Å².